The van der Waals surface area contributed by atoms with Crippen LogP contribution in [0, 0.1) is 0 Å². The number of nitrogens with one attached hydrogen (secondary N) is 2. The Balaban J connectivity index is 0.00000240. The predicted molar refractivity (Wildman–Crippen MR) is 128 cm³/mol. The lowest BCUT2D eigenvalue weighted by Gasteiger charge is -2.20. The molecule has 0 aliphatic carbocycles. The fourth-order valence-electron chi connectivity index (χ4n) is 3.66. The number of aliphatic imine (C=N–C) groups is 1. The molecule has 29 heavy (non-hydrogen) atoms. The Morgan fingerprint density at radius 2 is 1.97 bits per heavy atom. The number of rotatable bonds is 6. The van der Waals surface area contributed by atoms with Crippen LogP contribution in [-0.4, -0.2) is 45.0 Å². The molecule has 2 aromatic carbocycles. The Labute approximate surface area is 189 Å². The van der Waals surface area contributed by atoms with E-state index in [0.29, 0.717) is 12.8 Å². The average Bonchev–Trinajstić information content (AvgIpc) is 3.38. The summed E-state index contributed by atoms with van der Waals surface area (Å²) in [6.07, 6.45) is 1.98. The Hall–Kier alpha value is -2.16. The highest BCUT2D eigenvalue weighted by atomic mass is 127. The van der Waals surface area contributed by atoms with Gasteiger partial charge in [-0.1, -0.05) is 24.3 Å². The predicted octanol–water partition coefficient (Wildman–Crippen LogP) is 3.41. The van der Waals surface area contributed by atoms with Crippen molar-refractivity contribution in [3.05, 3.63) is 54.1 Å². The molecule has 0 saturated carbocycles. The monoisotopic (exact) mass is 508 g/mol. The number of ether oxygens (including phenoxy) is 2. The first-order chi connectivity index (χ1) is 13.8. The molecule has 2 aliphatic heterocycles. The van der Waals surface area contributed by atoms with Crippen molar-refractivity contribution in [2.45, 2.75) is 25.8 Å². The van der Waals surface area contributed by atoms with E-state index in [2.05, 4.69) is 58.9 Å². The third kappa shape index (κ3) is 5.68. The van der Waals surface area contributed by atoms with Gasteiger partial charge in [0.15, 0.2) is 17.5 Å². The molecule has 1 saturated heterocycles. The second-order valence-electron chi connectivity index (χ2n) is 7.11. The van der Waals surface area contributed by atoms with Crippen molar-refractivity contribution in [2.75, 3.05) is 37.9 Å². The zero-order valence-electron chi connectivity index (χ0n) is 16.8. The molecular weight excluding hydrogens is 479 g/mol. The Morgan fingerprint density at radius 1 is 1.14 bits per heavy atom. The Kier molecular flexibility index (Phi) is 7.85. The standard InChI is InChI=1S/C22H28N4O2.HI/c1-2-23-22(24-12-10-17-8-9-20-21(14-17)28-16-27-20)25-18-11-13-26(15-18)19-6-4-3-5-7-19;/h3-9,14,18H,2,10-13,15-16H2,1H3,(H2,23,24,25);1H. The van der Waals surface area contributed by atoms with Gasteiger partial charge in [0.25, 0.3) is 0 Å². The molecule has 1 unspecified atom stereocenters. The third-order valence-electron chi connectivity index (χ3n) is 5.10. The van der Waals surface area contributed by atoms with Crippen molar-refractivity contribution in [2.24, 2.45) is 4.99 Å². The van der Waals surface area contributed by atoms with Crippen molar-refractivity contribution < 1.29 is 9.47 Å². The van der Waals surface area contributed by atoms with E-state index in [4.69, 9.17) is 14.5 Å². The number of guanidine groups is 1. The van der Waals surface area contributed by atoms with Gasteiger partial charge in [0.1, 0.15) is 0 Å². The van der Waals surface area contributed by atoms with Gasteiger partial charge in [-0.25, -0.2) is 0 Å². The SMILES string of the molecule is CCNC(=NCCc1ccc2c(c1)OCO2)NC1CCN(c2ccccc2)C1.I. The molecule has 6 nitrogen and oxygen atoms in total. The number of hydrogen-bond donors (Lipinski definition) is 2. The fourth-order valence-corrected chi connectivity index (χ4v) is 3.66. The summed E-state index contributed by atoms with van der Waals surface area (Å²) in [5, 5.41) is 6.96. The van der Waals surface area contributed by atoms with Gasteiger partial charge >= 0.3 is 0 Å². The van der Waals surface area contributed by atoms with E-state index >= 15 is 0 Å². The van der Waals surface area contributed by atoms with Gasteiger partial charge in [-0.3, -0.25) is 4.99 Å². The molecule has 0 aromatic heterocycles. The number of para-hydroxylation sites is 1. The first kappa shape index (κ1) is 21.5. The van der Waals surface area contributed by atoms with E-state index in [0.717, 1.165) is 56.5 Å². The Bertz CT molecular complexity index is 816. The molecule has 0 amide bonds. The van der Waals surface area contributed by atoms with Crippen molar-refractivity contribution in [1.82, 2.24) is 10.6 Å². The van der Waals surface area contributed by atoms with E-state index < -0.39 is 0 Å². The zero-order valence-corrected chi connectivity index (χ0v) is 19.1. The van der Waals surface area contributed by atoms with Gasteiger partial charge in [-0.2, -0.15) is 0 Å². The zero-order chi connectivity index (χ0) is 19.2. The van der Waals surface area contributed by atoms with Crippen LogP contribution >= 0.6 is 24.0 Å². The quantitative estimate of drug-likeness (QED) is 0.356. The summed E-state index contributed by atoms with van der Waals surface area (Å²) in [6.45, 7) is 6.05. The van der Waals surface area contributed by atoms with Gasteiger partial charge in [0, 0.05) is 37.9 Å². The normalized spacial score (nSPS) is 17.8. The summed E-state index contributed by atoms with van der Waals surface area (Å²) in [5.74, 6) is 2.55. The van der Waals surface area contributed by atoms with E-state index in [9.17, 15) is 0 Å². The summed E-state index contributed by atoms with van der Waals surface area (Å²) in [5.41, 5.74) is 2.50. The smallest absolute Gasteiger partial charge is 0.231 e. The molecule has 1 atom stereocenters. The highest BCUT2D eigenvalue weighted by Gasteiger charge is 2.23. The topological polar surface area (TPSA) is 58.1 Å². The maximum Gasteiger partial charge on any atom is 0.231 e. The van der Waals surface area contributed by atoms with Crippen LogP contribution in [0.15, 0.2) is 53.5 Å². The summed E-state index contributed by atoms with van der Waals surface area (Å²) in [4.78, 5) is 7.19. The minimum atomic E-state index is 0. The van der Waals surface area contributed by atoms with Crippen LogP contribution in [0.5, 0.6) is 11.5 Å². The van der Waals surface area contributed by atoms with Crippen molar-refractivity contribution in [1.29, 1.82) is 0 Å². The molecule has 2 heterocycles. The molecule has 0 bridgehead atoms. The molecule has 156 valence electrons. The third-order valence-corrected chi connectivity index (χ3v) is 5.10. The first-order valence-electron chi connectivity index (χ1n) is 10.0. The first-order valence-corrected chi connectivity index (χ1v) is 10.0. The number of nitrogens with zero attached hydrogens (tertiary/aromatic N) is 2. The van der Waals surface area contributed by atoms with E-state index in [1.807, 2.05) is 12.1 Å². The highest BCUT2D eigenvalue weighted by molar-refractivity contribution is 14.0. The van der Waals surface area contributed by atoms with Gasteiger partial charge in [-0.15, -0.1) is 24.0 Å². The van der Waals surface area contributed by atoms with Crippen molar-refractivity contribution >= 4 is 35.6 Å². The molecule has 4 rings (SSSR count). The highest BCUT2D eigenvalue weighted by Crippen LogP contribution is 2.32. The average molecular weight is 508 g/mol. The maximum atomic E-state index is 5.45. The van der Waals surface area contributed by atoms with Crippen LogP contribution in [0.25, 0.3) is 0 Å². The fraction of sp³-hybridized carbons (Fsp3) is 0.409. The number of benzene rings is 2. The molecule has 2 aliphatic rings. The number of anilines is 1. The van der Waals surface area contributed by atoms with Crippen LogP contribution in [0.1, 0.15) is 18.9 Å². The summed E-state index contributed by atoms with van der Waals surface area (Å²) in [7, 11) is 0. The lowest BCUT2D eigenvalue weighted by molar-refractivity contribution is 0.174. The molecule has 2 aromatic rings. The second kappa shape index (κ2) is 10.6. The van der Waals surface area contributed by atoms with Crippen LogP contribution in [0.3, 0.4) is 0 Å². The van der Waals surface area contributed by atoms with Crippen molar-refractivity contribution in [3.63, 3.8) is 0 Å². The van der Waals surface area contributed by atoms with Crippen LogP contribution in [-0.2, 0) is 6.42 Å². The molecule has 0 radical (unpaired) electrons. The van der Waals surface area contributed by atoms with Crippen molar-refractivity contribution in [3.8, 4) is 11.5 Å². The van der Waals surface area contributed by atoms with E-state index in [-0.39, 0.29) is 24.0 Å². The maximum absolute atomic E-state index is 5.45. The molecule has 0 spiro atoms. The van der Waals surface area contributed by atoms with E-state index in [1.165, 1.54) is 11.3 Å². The largest absolute Gasteiger partial charge is 0.454 e. The van der Waals surface area contributed by atoms with Crippen LogP contribution in [0.2, 0.25) is 0 Å². The number of fused-ring (bicyclic) bond motifs is 1. The number of hydrogen-bond acceptors (Lipinski definition) is 4. The minimum absolute atomic E-state index is 0. The number of halogens is 1. The van der Waals surface area contributed by atoms with E-state index in [1.54, 1.807) is 0 Å². The lowest BCUT2D eigenvalue weighted by atomic mass is 10.1. The van der Waals surface area contributed by atoms with Crippen LogP contribution < -0.4 is 25.0 Å². The summed E-state index contributed by atoms with van der Waals surface area (Å²) in [6, 6.07) is 17.1. The molecule has 1 fully saturated rings. The minimum Gasteiger partial charge on any atom is -0.454 e. The van der Waals surface area contributed by atoms with Gasteiger partial charge < -0.3 is 25.0 Å². The summed E-state index contributed by atoms with van der Waals surface area (Å²) < 4.78 is 10.8. The van der Waals surface area contributed by atoms with Gasteiger partial charge in [-0.05, 0) is 49.6 Å². The molecular formula is C22H29IN4O2. The van der Waals surface area contributed by atoms with Gasteiger partial charge in [0.05, 0.1) is 0 Å². The Morgan fingerprint density at radius 3 is 2.79 bits per heavy atom. The van der Waals surface area contributed by atoms with Crippen LogP contribution in [0.4, 0.5) is 5.69 Å². The van der Waals surface area contributed by atoms with Gasteiger partial charge in [0.2, 0.25) is 6.79 Å². The lowest BCUT2D eigenvalue weighted by Crippen LogP contribution is -2.44. The summed E-state index contributed by atoms with van der Waals surface area (Å²) >= 11 is 0. The molecule has 7 heteroatoms. The second-order valence-corrected chi connectivity index (χ2v) is 7.11. The molecule has 2 N–H and O–H groups in total.